The van der Waals surface area contributed by atoms with Gasteiger partial charge in [0.1, 0.15) is 5.03 Å². The standard InChI is InChI=1S/C18H20N4S2/c1-12-14-11-21(2)10-9-15(14)22-17(19-12)16(18(20-22)23-3)24-13-7-5-4-6-8-13/h4-8H,9-11H2,1-3H3. The van der Waals surface area contributed by atoms with Crippen LogP contribution in [0.5, 0.6) is 0 Å². The number of fused-ring (bicyclic) bond motifs is 3. The van der Waals surface area contributed by atoms with Gasteiger partial charge in [-0.2, -0.15) is 5.10 Å². The fourth-order valence-electron chi connectivity index (χ4n) is 3.16. The fourth-order valence-corrected chi connectivity index (χ4v) is 4.86. The monoisotopic (exact) mass is 356 g/mol. The van der Waals surface area contributed by atoms with Crippen molar-refractivity contribution in [3.63, 3.8) is 0 Å². The zero-order valence-corrected chi connectivity index (χ0v) is 15.7. The molecule has 1 aromatic carbocycles. The van der Waals surface area contributed by atoms with Crippen molar-refractivity contribution in [2.24, 2.45) is 0 Å². The Bertz CT molecular complexity index is 889. The van der Waals surface area contributed by atoms with Gasteiger partial charge in [-0.3, -0.25) is 0 Å². The van der Waals surface area contributed by atoms with Crippen LogP contribution in [0.1, 0.15) is 17.0 Å². The van der Waals surface area contributed by atoms with E-state index in [4.69, 9.17) is 10.1 Å². The van der Waals surface area contributed by atoms with E-state index in [0.717, 1.165) is 35.9 Å². The van der Waals surface area contributed by atoms with E-state index in [-0.39, 0.29) is 0 Å². The topological polar surface area (TPSA) is 33.4 Å². The Balaban J connectivity index is 1.89. The van der Waals surface area contributed by atoms with Crippen molar-refractivity contribution in [2.45, 2.75) is 34.7 Å². The zero-order chi connectivity index (χ0) is 16.7. The average molecular weight is 357 g/mol. The van der Waals surface area contributed by atoms with Crippen LogP contribution in [-0.2, 0) is 13.0 Å². The van der Waals surface area contributed by atoms with Crippen LogP contribution < -0.4 is 0 Å². The van der Waals surface area contributed by atoms with E-state index in [1.54, 1.807) is 23.5 Å². The maximum Gasteiger partial charge on any atom is 0.170 e. The smallest absolute Gasteiger partial charge is 0.170 e. The first kappa shape index (κ1) is 16.0. The number of likely N-dealkylation sites (N-methyl/N-ethyl adjacent to an activating group) is 1. The quantitative estimate of drug-likeness (QED) is 0.665. The maximum atomic E-state index is 4.93. The number of hydrogen-bond donors (Lipinski definition) is 0. The fraction of sp³-hybridized carbons (Fsp3) is 0.333. The lowest BCUT2D eigenvalue weighted by Gasteiger charge is -2.26. The molecule has 124 valence electrons. The first-order valence-electron chi connectivity index (χ1n) is 8.04. The van der Waals surface area contributed by atoms with Crippen LogP contribution in [0.25, 0.3) is 5.65 Å². The molecule has 0 bridgehead atoms. The molecule has 4 rings (SSSR count). The molecule has 3 heterocycles. The lowest BCUT2D eigenvalue weighted by atomic mass is 10.0. The summed E-state index contributed by atoms with van der Waals surface area (Å²) in [6, 6.07) is 10.5. The van der Waals surface area contributed by atoms with E-state index in [0.29, 0.717) is 0 Å². The highest BCUT2D eigenvalue weighted by atomic mass is 32.2. The van der Waals surface area contributed by atoms with Gasteiger partial charge in [-0.25, -0.2) is 9.50 Å². The molecule has 6 heteroatoms. The second-order valence-electron chi connectivity index (χ2n) is 6.10. The summed E-state index contributed by atoms with van der Waals surface area (Å²) in [5.74, 6) is 0. The summed E-state index contributed by atoms with van der Waals surface area (Å²) in [5.41, 5.74) is 4.79. The summed E-state index contributed by atoms with van der Waals surface area (Å²) in [4.78, 5) is 9.66. The summed E-state index contributed by atoms with van der Waals surface area (Å²) in [6.07, 6.45) is 3.11. The highest BCUT2D eigenvalue weighted by Gasteiger charge is 2.24. The van der Waals surface area contributed by atoms with Crippen molar-refractivity contribution in [3.8, 4) is 0 Å². The number of rotatable bonds is 3. The van der Waals surface area contributed by atoms with Gasteiger partial charge in [0.2, 0.25) is 0 Å². The molecule has 0 unspecified atom stereocenters. The van der Waals surface area contributed by atoms with Crippen molar-refractivity contribution in [1.82, 2.24) is 19.5 Å². The number of thioether (sulfide) groups is 1. The minimum Gasteiger partial charge on any atom is -0.302 e. The number of aromatic nitrogens is 3. The molecule has 0 radical (unpaired) electrons. The van der Waals surface area contributed by atoms with Crippen molar-refractivity contribution in [1.29, 1.82) is 0 Å². The molecule has 2 aromatic heterocycles. The van der Waals surface area contributed by atoms with Crippen LogP contribution in [0.2, 0.25) is 0 Å². The van der Waals surface area contributed by atoms with Crippen molar-refractivity contribution < 1.29 is 0 Å². The van der Waals surface area contributed by atoms with Gasteiger partial charge in [-0.15, -0.1) is 11.8 Å². The Morgan fingerprint density at radius 1 is 1.17 bits per heavy atom. The predicted molar refractivity (Wildman–Crippen MR) is 100 cm³/mol. The molecule has 4 nitrogen and oxygen atoms in total. The Labute approximate surface area is 150 Å². The minimum absolute atomic E-state index is 0.958. The zero-order valence-electron chi connectivity index (χ0n) is 14.1. The molecular weight excluding hydrogens is 336 g/mol. The Hall–Kier alpha value is -1.50. The molecule has 0 fully saturated rings. The van der Waals surface area contributed by atoms with Gasteiger partial charge in [0.15, 0.2) is 5.65 Å². The van der Waals surface area contributed by atoms with Crippen LogP contribution in [0.15, 0.2) is 45.1 Å². The van der Waals surface area contributed by atoms with Gasteiger partial charge in [0, 0.05) is 35.7 Å². The molecule has 0 saturated carbocycles. The third-order valence-electron chi connectivity index (χ3n) is 4.42. The van der Waals surface area contributed by atoms with Crippen LogP contribution in [0.4, 0.5) is 0 Å². The minimum atomic E-state index is 0.958. The number of hydrogen-bond acceptors (Lipinski definition) is 5. The van der Waals surface area contributed by atoms with Crippen LogP contribution >= 0.6 is 23.5 Å². The summed E-state index contributed by atoms with van der Waals surface area (Å²) in [6.45, 7) is 4.15. The highest BCUT2D eigenvalue weighted by Crippen LogP contribution is 2.38. The summed E-state index contributed by atoms with van der Waals surface area (Å²) in [7, 11) is 2.17. The normalized spacial score (nSPS) is 15.0. The van der Waals surface area contributed by atoms with Gasteiger partial charge < -0.3 is 4.90 Å². The van der Waals surface area contributed by atoms with E-state index < -0.39 is 0 Å². The molecule has 0 saturated heterocycles. The van der Waals surface area contributed by atoms with Gasteiger partial charge in [-0.05, 0) is 32.4 Å². The van der Waals surface area contributed by atoms with E-state index in [1.165, 1.54) is 21.0 Å². The van der Waals surface area contributed by atoms with Crippen molar-refractivity contribution >= 4 is 29.2 Å². The summed E-state index contributed by atoms with van der Waals surface area (Å²) >= 11 is 3.45. The molecule has 1 aliphatic rings. The Morgan fingerprint density at radius 3 is 2.71 bits per heavy atom. The number of aryl methyl sites for hydroxylation is 1. The van der Waals surface area contributed by atoms with Gasteiger partial charge in [-0.1, -0.05) is 30.0 Å². The molecule has 0 N–H and O–H groups in total. The second kappa shape index (κ2) is 6.43. The Morgan fingerprint density at radius 2 is 1.96 bits per heavy atom. The van der Waals surface area contributed by atoms with Gasteiger partial charge in [0.25, 0.3) is 0 Å². The van der Waals surface area contributed by atoms with Crippen molar-refractivity contribution in [3.05, 3.63) is 47.3 Å². The highest BCUT2D eigenvalue weighted by molar-refractivity contribution is 8.02. The molecule has 1 aliphatic heterocycles. The van der Waals surface area contributed by atoms with Gasteiger partial charge in [0.05, 0.1) is 10.6 Å². The van der Waals surface area contributed by atoms with E-state index in [9.17, 15) is 0 Å². The molecule has 0 atom stereocenters. The molecule has 3 aromatic rings. The third kappa shape index (κ3) is 2.72. The third-order valence-corrected chi connectivity index (χ3v) is 6.31. The van der Waals surface area contributed by atoms with Crippen molar-refractivity contribution in [2.75, 3.05) is 19.8 Å². The second-order valence-corrected chi connectivity index (χ2v) is 7.98. The van der Waals surface area contributed by atoms with Crippen LogP contribution in [-0.4, -0.2) is 39.3 Å². The largest absolute Gasteiger partial charge is 0.302 e. The van der Waals surface area contributed by atoms with Crippen LogP contribution in [0.3, 0.4) is 0 Å². The lowest BCUT2D eigenvalue weighted by molar-refractivity contribution is 0.306. The molecule has 24 heavy (non-hydrogen) atoms. The van der Waals surface area contributed by atoms with E-state index in [1.807, 2.05) is 6.07 Å². The maximum absolute atomic E-state index is 4.93. The molecule has 0 aliphatic carbocycles. The average Bonchev–Trinajstić information content (AvgIpc) is 2.94. The number of benzene rings is 1. The lowest BCUT2D eigenvalue weighted by Crippen LogP contribution is -2.29. The van der Waals surface area contributed by atoms with E-state index >= 15 is 0 Å². The Kier molecular flexibility index (Phi) is 4.28. The van der Waals surface area contributed by atoms with Gasteiger partial charge >= 0.3 is 0 Å². The first-order chi connectivity index (χ1) is 11.7. The number of nitrogens with zero attached hydrogens (tertiary/aromatic N) is 4. The summed E-state index contributed by atoms with van der Waals surface area (Å²) in [5, 5.41) is 5.94. The van der Waals surface area contributed by atoms with E-state index in [2.05, 4.69) is 53.9 Å². The molecule has 0 amide bonds. The summed E-state index contributed by atoms with van der Waals surface area (Å²) < 4.78 is 2.09. The predicted octanol–water partition coefficient (Wildman–Crippen LogP) is 3.90. The SMILES string of the molecule is CSc1nn2c3c(c(C)nc2c1Sc1ccccc1)CN(C)CC3. The molecule has 0 spiro atoms. The first-order valence-corrected chi connectivity index (χ1v) is 10.1. The molecular formula is C18H20N4S2. The van der Waals surface area contributed by atoms with Crippen LogP contribution in [0, 0.1) is 6.92 Å².